The number of carbonyl (C=O) groups excluding carboxylic acids is 1. The molecule has 1 unspecified atom stereocenters. The molecule has 23 heavy (non-hydrogen) atoms. The number of benzene rings is 2. The zero-order chi connectivity index (χ0) is 16.7. The molecule has 2 rings (SSSR count). The van der Waals surface area contributed by atoms with Crippen LogP contribution in [-0.2, 0) is 4.79 Å². The third kappa shape index (κ3) is 5.29. The van der Waals surface area contributed by atoms with E-state index in [-0.39, 0.29) is 11.9 Å². The van der Waals surface area contributed by atoms with E-state index in [4.69, 9.17) is 4.74 Å². The average Bonchev–Trinajstić information content (AvgIpc) is 2.55. The fourth-order valence-corrected chi connectivity index (χ4v) is 2.23. The molecule has 0 spiro atoms. The van der Waals surface area contributed by atoms with Crippen molar-refractivity contribution in [1.29, 1.82) is 0 Å². The van der Waals surface area contributed by atoms with Crippen LogP contribution < -0.4 is 10.1 Å². The number of aryl methyl sites for hydroxylation is 1. The first-order valence-corrected chi connectivity index (χ1v) is 7.86. The van der Waals surface area contributed by atoms with E-state index in [1.165, 1.54) is 5.56 Å². The summed E-state index contributed by atoms with van der Waals surface area (Å²) in [6, 6.07) is 15.8. The first-order valence-electron chi connectivity index (χ1n) is 7.86. The zero-order valence-corrected chi connectivity index (χ0v) is 13.9. The van der Waals surface area contributed by atoms with E-state index in [0.717, 1.165) is 16.9 Å². The van der Waals surface area contributed by atoms with E-state index >= 15 is 0 Å². The van der Waals surface area contributed by atoms with Gasteiger partial charge in [-0.2, -0.15) is 0 Å². The summed E-state index contributed by atoms with van der Waals surface area (Å²) in [5, 5.41) is 2.97. The lowest BCUT2D eigenvalue weighted by atomic mass is 10.1. The van der Waals surface area contributed by atoms with E-state index in [2.05, 4.69) is 5.32 Å². The molecule has 0 aromatic heterocycles. The van der Waals surface area contributed by atoms with Crippen LogP contribution in [-0.4, -0.2) is 12.5 Å². The molecule has 0 bridgehead atoms. The van der Waals surface area contributed by atoms with Crippen molar-refractivity contribution >= 4 is 12.0 Å². The smallest absolute Gasteiger partial charge is 0.244 e. The molecular weight excluding hydrogens is 286 g/mol. The third-order valence-corrected chi connectivity index (χ3v) is 3.53. The van der Waals surface area contributed by atoms with Crippen molar-refractivity contribution in [3.05, 3.63) is 71.3 Å². The van der Waals surface area contributed by atoms with Gasteiger partial charge >= 0.3 is 0 Å². The van der Waals surface area contributed by atoms with Crippen LogP contribution in [0.1, 0.15) is 36.6 Å². The van der Waals surface area contributed by atoms with E-state index in [9.17, 15) is 4.79 Å². The van der Waals surface area contributed by atoms with Crippen LogP contribution in [0.2, 0.25) is 0 Å². The second-order valence-electron chi connectivity index (χ2n) is 5.48. The number of hydrogen-bond acceptors (Lipinski definition) is 2. The summed E-state index contributed by atoms with van der Waals surface area (Å²) in [4.78, 5) is 12.0. The molecule has 1 N–H and O–H groups in total. The quantitative estimate of drug-likeness (QED) is 0.809. The number of ether oxygens (including phenoxy) is 1. The molecule has 0 saturated heterocycles. The Balaban J connectivity index is 1.96. The Hall–Kier alpha value is -2.55. The molecule has 1 atom stereocenters. The topological polar surface area (TPSA) is 38.3 Å². The van der Waals surface area contributed by atoms with Crippen molar-refractivity contribution in [1.82, 2.24) is 5.32 Å². The fraction of sp³-hybridized carbons (Fsp3) is 0.250. The van der Waals surface area contributed by atoms with Crippen molar-refractivity contribution in [3.8, 4) is 5.75 Å². The Bertz CT molecular complexity index is 674. The summed E-state index contributed by atoms with van der Waals surface area (Å²) in [6.45, 7) is 6.58. The van der Waals surface area contributed by atoms with E-state index < -0.39 is 0 Å². The summed E-state index contributed by atoms with van der Waals surface area (Å²) in [5.74, 6) is 0.709. The number of rotatable bonds is 6. The minimum atomic E-state index is -0.111. The zero-order valence-electron chi connectivity index (χ0n) is 13.9. The SMILES string of the molecule is CCOc1cccc(C(C)NC(=O)/C=C/c2ccc(C)cc2)c1. The van der Waals surface area contributed by atoms with Crippen molar-refractivity contribution in [2.75, 3.05) is 6.61 Å². The van der Waals surface area contributed by atoms with Crippen molar-refractivity contribution in [2.24, 2.45) is 0 Å². The lowest BCUT2D eigenvalue weighted by Crippen LogP contribution is -2.24. The monoisotopic (exact) mass is 309 g/mol. The normalized spacial score (nSPS) is 12.1. The van der Waals surface area contributed by atoms with Gasteiger partial charge in [-0.05, 0) is 50.1 Å². The number of nitrogens with one attached hydrogen (secondary N) is 1. The molecule has 3 heteroatoms. The Labute approximate surface area is 138 Å². The fourth-order valence-electron chi connectivity index (χ4n) is 2.23. The molecule has 3 nitrogen and oxygen atoms in total. The van der Waals surface area contributed by atoms with E-state index in [0.29, 0.717) is 6.61 Å². The maximum Gasteiger partial charge on any atom is 0.244 e. The molecule has 0 aliphatic heterocycles. The highest BCUT2D eigenvalue weighted by atomic mass is 16.5. The van der Waals surface area contributed by atoms with Gasteiger partial charge in [0.2, 0.25) is 5.91 Å². The Morgan fingerprint density at radius 3 is 2.65 bits per heavy atom. The average molecular weight is 309 g/mol. The van der Waals surface area contributed by atoms with Gasteiger partial charge in [-0.1, -0.05) is 42.0 Å². The highest BCUT2D eigenvalue weighted by Gasteiger charge is 2.08. The molecule has 0 heterocycles. The van der Waals surface area contributed by atoms with Gasteiger partial charge in [-0.15, -0.1) is 0 Å². The van der Waals surface area contributed by atoms with E-state index in [1.54, 1.807) is 6.08 Å². The van der Waals surface area contributed by atoms with Gasteiger partial charge in [0, 0.05) is 6.08 Å². The van der Waals surface area contributed by atoms with Crippen LogP contribution in [0.15, 0.2) is 54.6 Å². The lowest BCUT2D eigenvalue weighted by Gasteiger charge is -2.14. The minimum absolute atomic E-state index is 0.0782. The first-order chi connectivity index (χ1) is 11.1. The van der Waals surface area contributed by atoms with Crippen LogP contribution in [0, 0.1) is 6.92 Å². The Morgan fingerprint density at radius 2 is 1.96 bits per heavy atom. The molecule has 1 amide bonds. The molecule has 2 aromatic rings. The van der Waals surface area contributed by atoms with Gasteiger partial charge in [0.1, 0.15) is 5.75 Å². The third-order valence-electron chi connectivity index (χ3n) is 3.53. The summed E-state index contributed by atoms with van der Waals surface area (Å²) >= 11 is 0. The predicted molar refractivity (Wildman–Crippen MR) is 94.4 cm³/mol. The predicted octanol–water partition coefficient (Wildman–Crippen LogP) is 4.28. The molecule has 2 aromatic carbocycles. The van der Waals surface area contributed by atoms with Gasteiger partial charge < -0.3 is 10.1 Å². The maximum atomic E-state index is 12.0. The molecule has 0 aliphatic rings. The summed E-state index contributed by atoms with van der Waals surface area (Å²) < 4.78 is 5.49. The van der Waals surface area contributed by atoms with Crippen LogP contribution in [0.4, 0.5) is 0 Å². The van der Waals surface area contributed by atoms with Gasteiger partial charge in [0.05, 0.1) is 12.6 Å². The van der Waals surface area contributed by atoms with Gasteiger partial charge in [0.25, 0.3) is 0 Å². The molecule has 0 fully saturated rings. The summed E-state index contributed by atoms with van der Waals surface area (Å²) in [7, 11) is 0. The highest BCUT2D eigenvalue weighted by Crippen LogP contribution is 2.19. The Morgan fingerprint density at radius 1 is 1.22 bits per heavy atom. The van der Waals surface area contributed by atoms with Gasteiger partial charge in [0.15, 0.2) is 0 Å². The van der Waals surface area contributed by atoms with Crippen LogP contribution >= 0.6 is 0 Å². The number of hydrogen-bond donors (Lipinski definition) is 1. The minimum Gasteiger partial charge on any atom is -0.494 e. The van der Waals surface area contributed by atoms with E-state index in [1.807, 2.05) is 75.4 Å². The van der Waals surface area contributed by atoms with Gasteiger partial charge in [-0.3, -0.25) is 4.79 Å². The lowest BCUT2D eigenvalue weighted by molar-refractivity contribution is -0.117. The molecular formula is C20H23NO2. The number of amides is 1. The van der Waals surface area contributed by atoms with Crippen molar-refractivity contribution in [3.63, 3.8) is 0 Å². The summed E-state index contributed by atoms with van der Waals surface area (Å²) in [5.41, 5.74) is 3.24. The van der Waals surface area contributed by atoms with Crippen molar-refractivity contribution < 1.29 is 9.53 Å². The second kappa shape index (κ2) is 8.18. The standard InChI is InChI=1S/C20H23NO2/c1-4-23-19-7-5-6-18(14-19)16(3)21-20(22)13-12-17-10-8-15(2)9-11-17/h5-14,16H,4H2,1-3H3,(H,21,22)/b13-12+. The first kappa shape index (κ1) is 16.8. The highest BCUT2D eigenvalue weighted by molar-refractivity contribution is 5.91. The van der Waals surface area contributed by atoms with Crippen molar-refractivity contribution in [2.45, 2.75) is 26.8 Å². The molecule has 120 valence electrons. The molecule has 0 saturated carbocycles. The maximum absolute atomic E-state index is 12.0. The molecule has 0 radical (unpaired) electrons. The van der Waals surface area contributed by atoms with Crippen LogP contribution in [0.25, 0.3) is 6.08 Å². The second-order valence-corrected chi connectivity index (χ2v) is 5.48. The molecule has 0 aliphatic carbocycles. The van der Waals surface area contributed by atoms with Crippen LogP contribution in [0.3, 0.4) is 0 Å². The number of carbonyl (C=O) groups is 1. The Kier molecular flexibility index (Phi) is 5.98. The largest absolute Gasteiger partial charge is 0.494 e. The van der Waals surface area contributed by atoms with Crippen LogP contribution in [0.5, 0.6) is 5.75 Å². The van der Waals surface area contributed by atoms with Gasteiger partial charge in [-0.25, -0.2) is 0 Å². The summed E-state index contributed by atoms with van der Waals surface area (Å²) in [6.07, 6.45) is 3.38.